The number of phenolic OH excluding ortho intramolecular Hbond substituents is 1. The van der Waals surface area contributed by atoms with Crippen LogP contribution in [0.1, 0.15) is 45.1 Å². The lowest BCUT2D eigenvalue weighted by atomic mass is 9.56. The molecule has 6 rings (SSSR count). The number of hydrogen-bond acceptors (Lipinski definition) is 5. The number of amides is 4. The minimum atomic E-state index is -2.86. The second-order valence-electron chi connectivity index (χ2n) is 12.6. The summed E-state index contributed by atoms with van der Waals surface area (Å²) in [5.41, 5.74) is -3.22. The van der Waals surface area contributed by atoms with Crippen LogP contribution in [-0.2, 0) is 19.2 Å². The van der Waals surface area contributed by atoms with E-state index in [1.54, 1.807) is 20.8 Å². The Morgan fingerprint density at radius 1 is 0.844 bits per heavy atom. The van der Waals surface area contributed by atoms with Gasteiger partial charge in [0.2, 0.25) is 17.6 Å². The minimum Gasteiger partial charge on any atom is -0.505 e. The van der Waals surface area contributed by atoms with E-state index in [1.165, 1.54) is 6.08 Å². The molecule has 6 atom stereocenters. The predicted molar refractivity (Wildman–Crippen MR) is 146 cm³/mol. The van der Waals surface area contributed by atoms with Gasteiger partial charge in [0, 0.05) is 17.0 Å². The van der Waals surface area contributed by atoms with Gasteiger partial charge in [0.15, 0.2) is 44.6 Å². The highest BCUT2D eigenvalue weighted by molar-refractivity contribution is 6.58. The summed E-state index contributed by atoms with van der Waals surface area (Å²) >= 11 is 13.9. The molecule has 4 aliphatic rings. The van der Waals surface area contributed by atoms with Gasteiger partial charge < -0.3 is 5.11 Å². The van der Waals surface area contributed by atoms with E-state index in [0.29, 0.717) is 0 Å². The lowest BCUT2D eigenvalue weighted by Gasteiger charge is -2.50. The van der Waals surface area contributed by atoms with Crippen molar-refractivity contribution >= 4 is 52.5 Å². The van der Waals surface area contributed by atoms with Gasteiger partial charge >= 0.3 is 0 Å². The first-order valence-electron chi connectivity index (χ1n) is 13.7. The Hall–Kier alpha value is -3.58. The lowest BCUT2D eigenvalue weighted by molar-refractivity contribution is -0.145. The fraction of sp³-hybridized carbons (Fsp3) is 0.400. The summed E-state index contributed by atoms with van der Waals surface area (Å²) in [7, 11) is 0. The zero-order valence-corrected chi connectivity index (χ0v) is 25.0. The van der Waals surface area contributed by atoms with E-state index in [4.69, 9.17) is 23.2 Å². The molecule has 2 saturated heterocycles. The topological polar surface area (TPSA) is 95.0 Å². The third kappa shape index (κ3) is 3.79. The maximum Gasteiger partial charge on any atom is 0.258 e. The molecule has 45 heavy (non-hydrogen) atoms. The molecular weight excluding hydrogens is 653 g/mol. The number of phenols is 1. The number of likely N-dealkylation sites (tertiary alicyclic amines) is 1. The monoisotopic (exact) mass is 674 g/mol. The number of imide groups is 2. The number of hydrogen-bond donors (Lipinski definition) is 1. The average molecular weight is 675 g/mol. The maximum absolute atomic E-state index is 15.0. The largest absolute Gasteiger partial charge is 0.505 e. The summed E-state index contributed by atoms with van der Waals surface area (Å²) in [5, 5.41) is 10.8. The number of aromatic hydroxyl groups is 1. The van der Waals surface area contributed by atoms with Crippen molar-refractivity contribution in [3.63, 3.8) is 0 Å². The first-order valence-corrected chi connectivity index (χ1v) is 14.4. The quantitative estimate of drug-likeness (QED) is 0.112. The molecule has 3 fully saturated rings. The van der Waals surface area contributed by atoms with Gasteiger partial charge in [-0.15, -0.1) is 23.2 Å². The van der Waals surface area contributed by atoms with Gasteiger partial charge in [-0.2, -0.15) is 0 Å². The van der Waals surface area contributed by atoms with Gasteiger partial charge in [-0.25, -0.2) is 31.2 Å². The van der Waals surface area contributed by atoms with E-state index in [-0.39, 0.29) is 16.9 Å². The van der Waals surface area contributed by atoms with E-state index in [0.717, 1.165) is 23.1 Å². The third-order valence-corrected chi connectivity index (χ3v) is 10.6. The Labute approximate surface area is 261 Å². The molecule has 0 aromatic heterocycles. The Kier molecular flexibility index (Phi) is 6.78. The normalized spacial score (nSPS) is 31.3. The Morgan fingerprint density at radius 3 is 2.00 bits per heavy atom. The molecule has 1 saturated carbocycles. The van der Waals surface area contributed by atoms with Crippen molar-refractivity contribution in [1.82, 2.24) is 4.90 Å². The fourth-order valence-corrected chi connectivity index (χ4v) is 8.27. The highest BCUT2D eigenvalue weighted by Gasteiger charge is 2.77. The molecule has 15 heteroatoms. The van der Waals surface area contributed by atoms with Crippen molar-refractivity contribution < 1.29 is 50.6 Å². The average Bonchev–Trinajstić information content (AvgIpc) is 3.31. The van der Waals surface area contributed by atoms with Crippen LogP contribution in [-0.4, -0.2) is 48.9 Å². The maximum atomic E-state index is 15.0. The van der Waals surface area contributed by atoms with Crippen LogP contribution in [0.2, 0.25) is 0 Å². The highest BCUT2D eigenvalue weighted by Crippen LogP contribution is 2.67. The van der Waals surface area contributed by atoms with Gasteiger partial charge in [0.1, 0.15) is 5.69 Å². The molecule has 238 valence electrons. The number of halogens is 8. The van der Waals surface area contributed by atoms with Crippen molar-refractivity contribution in [3.8, 4) is 5.75 Å². The Morgan fingerprint density at radius 2 is 1.42 bits per heavy atom. The van der Waals surface area contributed by atoms with Gasteiger partial charge in [-0.05, 0) is 45.6 Å². The van der Waals surface area contributed by atoms with Gasteiger partial charge in [-0.1, -0.05) is 23.8 Å². The lowest BCUT2D eigenvalue weighted by Crippen LogP contribution is -2.60. The summed E-state index contributed by atoms with van der Waals surface area (Å²) in [6.07, 6.45) is 0.675. The molecule has 6 unspecified atom stereocenters. The summed E-state index contributed by atoms with van der Waals surface area (Å²) in [6.45, 7) is 4.87. The van der Waals surface area contributed by atoms with Crippen molar-refractivity contribution in [2.75, 3.05) is 4.90 Å². The van der Waals surface area contributed by atoms with E-state index in [9.17, 15) is 41.8 Å². The number of para-hydroxylation sites is 1. The smallest absolute Gasteiger partial charge is 0.258 e. The fourth-order valence-electron chi connectivity index (χ4n) is 7.34. The van der Waals surface area contributed by atoms with Crippen LogP contribution >= 0.6 is 23.2 Å². The van der Waals surface area contributed by atoms with Gasteiger partial charge in [-0.3, -0.25) is 24.1 Å². The highest BCUT2D eigenvalue weighted by atomic mass is 35.5. The summed E-state index contributed by atoms with van der Waals surface area (Å²) in [6, 6.07) is 3.13. The van der Waals surface area contributed by atoms with Crippen LogP contribution in [0.25, 0.3) is 0 Å². The number of carbonyl (C=O) groups is 4. The second-order valence-corrected chi connectivity index (χ2v) is 13.8. The number of anilines is 1. The molecule has 2 aliphatic heterocycles. The number of benzene rings is 2. The summed E-state index contributed by atoms with van der Waals surface area (Å²) in [4.78, 5) is 50.6. The van der Waals surface area contributed by atoms with E-state index < -0.39 is 121 Å². The number of carbonyl (C=O) groups excluding carboxylic acids is 4. The molecule has 7 nitrogen and oxygen atoms in total. The van der Waals surface area contributed by atoms with Crippen molar-refractivity contribution in [3.05, 3.63) is 70.3 Å². The molecule has 0 radical (unpaired) electrons. The predicted octanol–water partition coefficient (Wildman–Crippen LogP) is 5.59. The Balaban J connectivity index is 1.62. The molecule has 1 N–H and O–H groups in total. The third-order valence-electron chi connectivity index (χ3n) is 9.22. The van der Waals surface area contributed by atoms with E-state index in [2.05, 4.69) is 0 Å². The van der Waals surface area contributed by atoms with Crippen molar-refractivity contribution in [2.24, 2.45) is 17.8 Å². The number of fused-ring (bicyclic) bond motifs is 4. The number of nitrogens with zero attached hydrogens (tertiary/aromatic N) is 2. The van der Waals surface area contributed by atoms with Gasteiger partial charge in [0.25, 0.3) is 11.8 Å². The molecule has 4 amide bonds. The number of alkyl halides is 2. The molecule has 0 spiro atoms. The van der Waals surface area contributed by atoms with Crippen LogP contribution in [0, 0.1) is 52.7 Å². The summed E-state index contributed by atoms with van der Waals surface area (Å²) < 4.78 is 87.3. The minimum absolute atomic E-state index is 0.0774. The first kappa shape index (κ1) is 31.4. The SMILES string of the molecule is CC(C)(C)N1C(=O)C2CC=C3C(CC4(Cl)C(=O)N(c5c(F)c(F)c(F)c(F)c5F)C(=O)C4(Cl)C3c3cccc(F)c3O)C2C1=O. The van der Waals surface area contributed by atoms with Crippen LogP contribution in [0.3, 0.4) is 0 Å². The van der Waals surface area contributed by atoms with Gasteiger partial charge in [0.05, 0.1) is 11.8 Å². The second kappa shape index (κ2) is 9.71. The van der Waals surface area contributed by atoms with E-state index in [1.807, 2.05) is 0 Å². The first-order chi connectivity index (χ1) is 20.8. The zero-order chi connectivity index (χ0) is 33.3. The van der Waals surface area contributed by atoms with Crippen molar-refractivity contribution in [2.45, 2.75) is 54.8 Å². The van der Waals surface area contributed by atoms with Crippen LogP contribution in [0.5, 0.6) is 5.75 Å². The van der Waals surface area contributed by atoms with Crippen LogP contribution in [0.4, 0.5) is 32.0 Å². The zero-order valence-electron chi connectivity index (χ0n) is 23.5. The molecule has 0 bridgehead atoms. The van der Waals surface area contributed by atoms with Crippen molar-refractivity contribution in [1.29, 1.82) is 0 Å². The van der Waals surface area contributed by atoms with E-state index >= 15 is 8.78 Å². The molecule has 2 aromatic rings. The van der Waals surface area contributed by atoms with Crippen LogP contribution < -0.4 is 4.90 Å². The molecule has 2 heterocycles. The molecule has 2 aromatic carbocycles. The summed E-state index contributed by atoms with van der Waals surface area (Å²) in [5.74, 6) is -24.4. The molecular formula is C30H22Cl2F6N2O5. The molecule has 2 aliphatic carbocycles. The van der Waals surface area contributed by atoms with Crippen LogP contribution in [0.15, 0.2) is 29.8 Å². The Bertz CT molecular complexity index is 1770. The number of rotatable bonds is 2. The number of allylic oxidation sites excluding steroid dienone is 2. The standard InChI is InChI=1S/C30H22Cl2F6N2O5/c1-28(2,3)40-24(42)11-8-7-10-13(15(11)25(40)43)9-29(31)26(44)39(22-20(37)18(35)17(34)19(36)21(22)38)27(45)30(29,32)16(10)12-5-4-6-14(33)23(12)41/h4-7,11,13,15-16,41H,8-9H2,1-3H3.